The Balaban J connectivity index is 2.13. The van der Waals surface area contributed by atoms with E-state index in [1.165, 1.54) is 11.0 Å². The molecular weight excluding hydrogens is 242 g/mol. The zero-order chi connectivity index (χ0) is 13.9. The van der Waals surface area contributed by atoms with Crippen LogP contribution in [0.3, 0.4) is 0 Å². The number of hydrogen-bond acceptors (Lipinski definition) is 4. The molecule has 0 saturated carbocycles. The smallest absolute Gasteiger partial charge is 0.246 e. The van der Waals surface area contributed by atoms with Crippen molar-refractivity contribution in [2.24, 2.45) is 0 Å². The molecule has 1 aromatic heterocycles. The van der Waals surface area contributed by atoms with Crippen LogP contribution in [0.1, 0.15) is 26.3 Å². The molecule has 0 fully saturated rings. The van der Waals surface area contributed by atoms with Gasteiger partial charge in [-0.2, -0.15) is 0 Å². The highest BCUT2D eigenvalue weighted by Gasteiger charge is 2.18. The van der Waals surface area contributed by atoms with E-state index in [1.54, 1.807) is 0 Å². The van der Waals surface area contributed by atoms with Crippen LogP contribution in [-0.2, 0) is 16.8 Å². The minimum atomic E-state index is -0.149. The molecule has 2 aromatic rings. The topological polar surface area (TPSA) is 72.7 Å². The van der Waals surface area contributed by atoms with E-state index in [0.717, 1.165) is 11.3 Å². The third-order valence-corrected chi connectivity index (χ3v) is 2.71. The number of anilines is 1. The number of rotatable bonds is 3. The molecule has 19 heavy (non-hydrogen) atoms. The maximum absolute atomic E-state index is 11.9. The lowest BCUT2D eigenvalue weighted by molar-refractivity contribution is -0.116. The molecule has 0 spiro atoms. The minimum absolute atomic E-state index is 0.0291. The standard InChI is InChI=1S/C13H17N5O/c1-13(2,3)10-6-4-5-7-11(10)15-12(19)8-18-9-14-16-17-18/h4-7,9H,8H2,1-3H3,(H,15,19). The molecule has 0 bridgehead atoms. The van der Waals surface area contributed by atoms with Gasteiger partial charge in [0.25, 0.3) is 0 Å². The Bertz CT molecular complexity index is 557. The van der Waals surface area contributed by atoms with Gasteiger partial charge in [-0.05, 0) is 27.5 Å². The largest absolute Gasteiger partial charge is 0.324 e. The molecule has 0 aliphatic carbocycles. The average molecular weight is 259 g/mol. The predicted octanol–water partition coefficient (Wildman–Crippen LogP) is 1.61. The van der Waals surface area contributed by atoms with Gasteiger partial charge < -0.3 is 5.32 Å². The lowest BCUT2D eigenvalue weighted by Gasteiger charge is -2.22. The summed E-state index contributed by atoms with van der Waals surface area (Å²) in [4.78, 5) is 11.9. The van der Waals surface area contributed by atoms with E-state index in [1.807, 2.05) is 24.3 Å². The van der Waals surface area contributed by atoms with Crippen molar-refractivity contribution in [3.8, 4) is 0 Å². The number of tetrazole rings is 1. The van der Waals surface area contributed by atoms with Crippen LogP contribution in [-0.4, -0.2) is 26.1 Å². The number of para-hydroxylation sites is 1. The fourth-order valence-corrected chi connectivity index (χ4v) is 1.84. The highest BCUT2D eigenvalue weighted by Crippen LogP contribution is 2.29. The first-order chi connectivity index (χ1) is 8.97. The second-order valence-corrected chi connectivity index (χ2v) is 5.35. The molecule has 0 unspecified atom stereocenters. The van der Waals surface area contributed by atoms with Crippen LogP contribution in [0.5, 0.6) is 0 Å². The first kappa shape index (κ1) is 13.2. The van der Waals surface area contributed by atoms with Crippen LogP contribution in [0.15, 0.2) is 30.6 Å². The molecule has 1 N–H and O–H groups in total. The van der Waals surface area contributed by atoms with Gasteiger partial charge in [-0.3, -0.25) is 4.79 Å². The highest BCUT2D eigenvalue weighted by atomic mass is 16.2. The summed E-state index contributed by atoms with van der Waals surface area (Å²) in [5.41, 5.74) is 1.90. The third-order valence-electron chi connectivity index (χ3n) is 2.71. The van der Waals surface area contributed by atoms with Gasteiger partial charge in [0, 0.05) is 5.69 Å². The lowest BCUT2D eigenvalue weighted by atomic mass is 9.86. The number of carbonyl (C=O) groups is 1. The van der Waals surface area contributed by atoms with Crippen molar-refractivity contribution in [1.82, 2.24) is 20.2 Å². The molecule has 2 rings (SSSR count). The Morgan fingerprint density at radius 2 is 2.05 bits per heavy atom. The van der Waals surface area contributed by atoms with Gasteiger partial charge in [0.1, 0.15) is 12.9 Å². The van der Waals surface area contributed by atoms with Crippen molar-refractivity contribution in [2.45, 2.75) is 32.7 Å². The normalized spacial score (nSPS) is 11.3. The summed E-state index contributed by atoms with van der Waals surface area (Å²) >= 11 is 0. The minimum Gasteiger partial charge on any atom is -0.324 e. The summed E-state index contributed by atoms with van der Waals surface area (Å²) in [6, 6.07) is 7.80. The summed E-state index contributed by atoms with van der Waals surface area (Å²) in [5.74, 6) is -0.149. The van der Waals surface area contributed by atoms with Crippen LogP contribution < -0.4 is 5.32 Å². The van der Waals surface area contributed by atoms with E-state index >= 15 is 0 Å². The number of nitrogens with zero attached hydrogens (tertiary/aromatic N) is 4. The van der Waals surface area contributed by atoms with E-state index < -0.39 is 0 Å². The first-order valence-corrected chi connectivity index (χ1v) is 6.07. The third kappa shape index (κ3) is 3.37. The fourth-order valence-electron chi connectivity index (χ4n) is 1.84. The maximum Gasteiger partial charge on any atom is 0.246 e. The SMILES string of the molecule is CC(C)(C)c1ccccc1NC(=O)Cn1cnnn1. The van der Waals surface area contributed by atoms with Gasteiger partial charge in [-0.1, -0.05) is 39.0 Å². The Kier molecular flexibility index (Phi) is 3.59. The fraction of sp³-hybridized carbons (Fsp3) is 0.385. The van der Waals surface area contributed by atoms with Gasteiger partial charge >= 0.3 is 0 Å². The zero-order valence-corrected chi connectivity index (χ0v) is 11.3. The second-order valence-electron chi connectivity index (χ2n) is 5.35. The predicted molar refractivity (Wildman–Crippen MR) is 71.6 cm³/mol. The van der Waals surface area contributed by atoms with E-state index in [0.29, 0.717) is 0 Å². The molecule has 0 aliphatic heterocycles. The summed E-state index contributed by atoms with van der Waals surface area (Å²) in [5, 5.41) is 13.5. The van der Waals surface area contributed by atoms with Crippen molar-refractivity contribution in [3.05, 3.63) is 36.2 Å². The first-order valence-electron chi connectivity index (χ1n) is 6.07. The molecule has 100 valence electrons. The molecule has 1 amide bonds. The molecule has 1 heterocycles. The average Bonchev–Trinajstić information content (AvgIpc) is 2.81. The number of amides is 1. The summed E-state index contributed by atoms with van der Waals surface area (Å²) in [6.45, 7) is 6.43. The van der Waals surface area contributed by atoms with E-state index in [-0.39, 0.29) is 17.9 Å². The number of carbonyl (C=O) groups excluding carboxylic acids is 1. The van der Waals surface area contributed by atoms with Crippen LogP contribution in [0.2, 0.25) is 0 Å². The van der Waals surface area contributed by atoms with Gasteiger partial charge in [0.15, 0.2) is 0 Å². The van der Waals surface area contributed by atoms with Crippen LogP contribution in [0, 0.1) is 0 Å². The van der Waals surface area contributed by atoms with Crippen molar-refractivity contribution < 1.29 is 4.79 Å². The van der Waals surface area contributed by atoms with Crippen molar-refractivity contribution in [3.63, 3.8) is 0 Å². The monoisotopic (exact) mass is 259 g/mol. The van der Waals surface area contributed by atoms with Gasteiger partial charge in [0.05, 0.1) is 0 Å². The molecule has 6 heteroatoms. The quantitative estimate of drug-likeness (QED) is 0.908. The van der Waals surface area contributed by atoms with Gasteiger partial charge in [-0.25, -0.2) is 4.68 Å². The number of nitrogens with one attached hydrogen (secondary N) is 1. The Hall–Kier alpha value is -2.24. The van der Waals surface area contributed by atoms with Gasteiger partial charge in [-0.15, -0.1) is 5.10 Å². The molecular formula is C13H17N5O. The lowest BCUT2D eigenvalue weighted by Crippen LogP contribution is -2.22. The number of hydrogen-bond donors (Lipinski definition) is 1. The molecule has 0 aliphatic rings. The highest BCUT2D eigenvalue weighted by molar-refractivity contribution is 5.91. The number of benzene rings is 1. The van der Waals surface area contributed by atoms with E-state index in [9.17, 15) is 4.79 Å². The molecule has 1 aromatic carbocycles. The van der Waals surface area contributed by atoms with E-state index in [4.69, 9.17) is 0 Å². The van der Waals surface area contributed by atoms with Crippen LogP contribution >= 0.6 is 0 Å². The molecule has 0 atom stereocenters. The molecule has 0 saturated heterocycles. The maximum atomic E-state index is 11.9. The Morgan fingerprint density at radius 1 is 1.32 bits per heavy atom. The van der Waals surface area contributed by atoms with Crippen molar-refractivity contribution >= 4 is 11.6 Å². The van der Waals surface area contributed by atoms with Gasteiger partial charge in [0.2, 0.25) is 5.91 Å². The molecule has 0 radical (unpaired) electrons. The second kappa shape index (κ2) is 5.17. The summed E-state index contributed by atoms with van der Waals surface area (Å²) in [7, 11) is 0. The number of aromatic nitrogens is 4. The van der Waals surface area contributed by atoms with Crippen LogP contribution in [0.4, 0.5) is 5.69 Å². The Morgan fingerprint density at radius 3 is 2.68 bits per heavy atom. The zero-order valence-electron chi connectivity index (χ0n) is 11.3. The van der Waals surface area contributed by atoms with Crippen LogP contribution in [0.25, 0.3) is 0 Å². The van der Waals surface area contributed by atoms with E-state index in [2.05, 4.69) is 41.6 Å². The summed E-state index contributed by atoms with van der Waals surface area (Å²) in [6.07, 6.45) is 1.41. The van der Waals surface area contributed by atoms with Crippen molar-refractivity contribution in [1.29, 1.82) is 0 Å². The molecule has 6 nitrogen and oxygen atoms in total. The summed E-state index contributed by atoms with van der Waals surface area (Å²) < 4.78 is 1.38. The Labute approximate surface area is 111 Å². The van der Waals surface area contributed by atoms with Crippen molar-refractivity contribution in [2.75, 3.05) is 5.32 Å².